The summed E-state index contributed by atoms with van der Waals surface area (Å²) in [6.45, 7) is 0. The summed E-state index contributed by atoms with van der Waals surface area (Å²) < 4.78 is 3.92. The Balaban J connectivity index is 0.00000151. The molecule has 4 aromatic carbocycles. The van der Waals surface area contributed by atoms with E-state index in [9.17, 15) is 0 Å². The maximum Gasteiger partial charge on any atom is 3.00 e. The van der Waals surface area contributed by atoms with Gasteiger partial charge < -0.3 is 9.97 Å². The van der Waals surface area contributed by atoms with Gasteiger partial charge in [-0.3, -0.25) is 4.40 Å². The third-order valence-corrected chi connectivity index (χ3v) is 6.94. The maximum atomic E-state index is 4.88. The average molecular weight is 615 g/mol. The van der Waals surface area contributed by atoms with Crippen LogP contribution in [0.5, 0.6) is 0 Å². The van der Waals surface area contributed by atoms with Crippen molar-refractivity contribution in [2.24, 2.45) is 0 Å². The van der Waals surface area contributed by atoms with Crippen molar-refractivity contribution in [2.45, 2.75) is 0 Å². The van der Waals surface area contributed by atoms with E-state index in [1.54, 1.807) is 0 Å². The van der Waals surface area contributed by atoms with Gasteiger partial charge >= 0.3 is 33.0 Å². The van der Waals surface area contributed by atoms with Crippen LogP contribution in [-0.4, -0.2) is 19.9 Å². The average Bonchev–Trinajstić information content (AvgIpc) is 3.42. The van der Waals surface area contributed by atoms with Crippen LogP contribution in [0.4, 0.5) is 0 Å². The Morgan fingerprint density at radius 2 is 0.659 bits per heavy atom. The van der Waals surface area contributed by atoms with E-state index >= 15 is 0 Å². The zero-order valence-electron chi connectivity index (χ0n) is 21.1. The van der Waals surface area contributed by atoms with Gasteiger partial charge in [0, 0.05) is 21.5 Å². The van der Waals surface area contributed by atoms with Gasteiger partial charge in [0.2, 0.25) is 0 Å². The summed E-state index contributed by atoms with van der Waals surface area (Å²) in [7, 11) is 0. The first-order valence-corrected chi connectivity index (χ1v) is 12.5. The van der Waals surface area contributed by atoms with E-state index < -0.39 is 0 Å². The summed E-state index contributed by atoms with van der Waals surface area (Å²) in [6, 6.07) is 31.9. The van der Waals surface area contributed by atoms with Gasteiger partial charge in [-0.15, -0.1) is 34.2 Å². The Bertz CT molecular complexity index is 2040. The molecule has 0 fully saturated rings. The van der Waals surface area contributed by atoms with Crippen LogP contribution in [0.25, 0.3) is 65.7 Å². The first-order valence-electron chi connectivity index (χ1n) is 12.5. The van der Waals surface area contributed by atoms with Crippen LogP contribution in [0.2, 0.25) is 0 Å². The van der Waals surface area contributed by atoms with Crippen molar-refractivity contribution in [1.29, 1.82) is 0 Å². The monoisotopic (exact) mass is 613 g/mol. The number of aromatic nitrogens is 6. The van der Waals surface area contributed by atoms with Crippen molar-refractivity contribution >= 4 is 65.7 Å². The smallest absolute Gasteiger partial charge is 0.317 e. The predicted molar refractivity (Wildman–Crippen MR) is 149 cm³/mol. The molecule has 8 aromatic rings. The number of hydrogen-bond donors (Lipinski definition) is 0. The molecule has 8 heteroatoms. The van der Waals surface area contributed by atoms with Gasteiger partial charge in [-0.2, -0.15) is 35.0 Å². The Kier molecular flexibility index (Phi) is 7.04. The van der Waals surface area contributed by atoms with Crippen molar-refractivity contribution < 1.29 is 41.8 Å². The van der Waals surface area contributed by atoms with Crippen LogP contribution in [0, 0.1) is 24.8 Å². The molecule has 1 radical (unpaired) electrons. The molecule has 0 atom stereocenters. The maximum absolute atomic E-state index is 4.88. The van der Waals surface area contributed by atoms with Gasteiger partial charge in [0.1, 0.15) is 0 Å². The molecule has 0 saturated carbocycles. The molecule has 0 unspecified atom stereocenters. The minimum Gasteiger partial charge on any atom is -0.317 e. The molecule has 0 aliphatic carbocycles. The molecule has 0 aliphatic heterocycles. The second-order valence-corrected chi connectivity index (χ2v) is 9.23. The number of rotatable bonds is 0. The van der Waals surface area contributed by atoms with Gasteiger partial charge in [-0.25, -0.2) is 15.2 Å². The molecular formula is C33H17N6Ni2+2. The van der Waals surface area contributed by atoms with Crippen LogP contribution in [0.15, 0.2) is 103 Å². The SMILES string of the molecule is [Ni+2].[Ni+3].[c-]1nc2c3ccccc3c3n[c-]c4ccccc4[c-]nc4c5ccccc5c(n[c-]c5ccccc15)[n+]4[cH-][n+]23. The molecule has 0 spiro atoms. The van der Waals surface area contributed by atoms with E-state index in [4.69, 9.17) is 19.9 Å². The fourth-order valence-corrected chi connectivity index (χ4v) is 5.07. The van der Waals surface area contributed by atoms with E-state index in [0.717, 1.165) is 43.1 Å². The van der Waals surface area contributed by atoms with Gasteiger partial charge in [0.15, 0.2) is 17.6 Å². The molecule has 6 nitrogen and oxygen atoms in total. The number of hydrogen-bond acceptors (Lipinski definition) is 4. The summed E-state index contributed by atoms with van der Waals surface area (Å²) in [4.78, 5) is 19.5. The summed E-state index contributed by atoms with van der Waals surface area (Å²) in [5, 5.41) is 6.96. The van der Waals surface area contributed by atoms with Crippen LogP contribution >= 0.6 is 0 Å². The van der Waals surface area contributed by atoms with Crippen molar-refractivity contribution in [3.63, 3.8) is 0 Å². The first kappa shape index (κ1) is 26.7. The van der Waals surface area contributed by atoms with Crippen LogP contribution in [0.1, 0.15) is 0 Å². The third kappa shape index (κ3) is 4.37. The standard InChI is InChI=1S/C33H17N6.2Ni/c1-2-10-23-18-35-31-28-15-7-8-16-29(28)33-37-20-25-12-4-3-11-24(25)19-36-32-27-14-6-5-13-26(27)30(34-17-22(23)9-1)38(32)21-39(31)33;;/h1-16,21H;;/q-3;+2;+3. The Morgan fingerprint density at radius 1 is 0.415 bits per heavy atom. The predicted octanol–water partition coefficient (Wildman–Crippen LogP) is 5.11. The second-order valence-electron chi connectivity index (χ2n) is 9.23. The number of benzene rings is 4. The number of fused-ring (bicyclic) bond motifs is 8. The minimum absolute atomic E-state index is 0. The Labute approximate surface area is 254 Å². The summed E-state index contributed by atoms with van der Waals surface area (Å²) in [6.07, 6.45) is 14.9. The van der Waals surface area contributed by atoms with Gasteiger partial charge in [-0.1, -0.05) is 60.9 Å². The van der Waals surface area contributed by atoms with Crippen molar-refractivity contribution in [2.75, 3.05) is 0 Å². The molecule has 0 N–H and O–H groups in total. The first-order chi connectivity index (χ1) is 19.3. The molecule has 4 heterocycles. The van der Waals surface area contributed by atoms with Crippen molar-refractivity contribution in [3.8, 4) is 0 Å². The Morgan fingerprint density at radius 3 is 0.927 bits per heavy atom. The van der Waals surface area contributed by atoms with Gasteiger partial charge in [-0.05, 0) is 0 Å². The van der Waals surface area contributed by atoms with Crippen LogP contribution in [0.3, 0.4) is 0 Å². The zero-order valence-corrected chi connectivity index (χ0v) is 23.1. The molecule has 8 rings (SSSR count). The topological polar surface area (TPSA) is 59.8 Å². The molecule has 41 heavy (non-hydrogen) atoms. The summed E-state index contributed by atoms with van der Waals surface area (Å²) in [5.74, 6) is 0. The van der Waals surface area contributed by atoms with Gasteiger partial charge in [0.05, 0.1) is 12.4 Å². The van der Waals surface area contributed by atoms with E-state index in [0.29, 0.717) is 22.6 Å². The summed E-state index contributed by atoms with van der Waals surface area (Å²) in [5.41, 5.74) is 2.77. The van der Waals surface area contributed by atoms with Crippen molar-refractivity contribution in [1.82, 2.24) is 19.9 Å². The molecule has 4 aromatic heterocycles. The third-order valence-electron chi connectivity index (χ3n) is 6.94. The van der Waals surface area contributed by atoms with Gasteiger partial charge in [0.25, 0.3) is 11.3 Å². The van der Waals surface area contributed by atoms with E-state index in [1.165, 1.54) is 0 Å². The van der Waals surface area contributed by atoms with Crippen molar-refractivity contribution in [3.05, 3.63) is 128 Å². The molecule has 0 amide bonds. The molecule has 197 valence electrons. The fraction of sp³-hybridized carbons (Fsp3) is 0. The van der Waals surface area contributed by atoms with E-state index in [1.807, 2.05) is 112 Å². The molecular weight excluding hydrogens is 598 g/mol. The number of nitrogens with zero attached hydrogens (tertiary/aromatic N) is 6. The van der Waals surface area contributed by atoms with E-state index in [2.05, 4.69) is 24.8 Å². The molecule has 2 bridgehead atoms. The molecule has 0 saturated heterocycles. The van der Waals surface area contributed by atoms with Crippen LogP contribution in [-0.2, 0) is 33.0 Å². The largest absolute Gasteiger partial charge is 3.00 e. The normalized spacial score (nSPS) is 11.0. The quantitative estimate of drug-likeness (QED) is 0.135. The minimum atomic E-state index is 0. The Hall–Kier alpha value is -4.50. The second kappa shape index (κ2) is 10.8. The van der Waals surface area contributed by atoms with Crippen LogP contribution < -0.4 is 8.80 Å². The molecule has 0 aliphatic rings. The van der Waals surface area contributed by atoms with E-state index in [-0.39, 0.29) is 33.0 Å². The fourth-order valence-electron chi connectivity index (χ4n) is 5.07. The summed E-state index contributed by atoms with van der Waals surface area (Å²) >= 11 is 0. The zero-order chi connectivity index (χ0) is 25.8.